The Labute approximate surface area is 207 Å². The van der Waals surface area contributed by atoms with Crippen molar-refractivity contribution in [1.82, 2.24) is 9.80 Å². The lowest BCUT2D eigenvalue weighted by Gasteiger charge is -2.28. The molecule has 0 bridgehead atoms. The first kappa shape index (κ1) is 24.2. The summed E-state index contributed by atoms with van der Waals surface area (Å²) in [7, 11) is 0. The summed E-state index contributed by atoms with van der Waals surface area (Å²) in [5, 5.41) is 0. The Morgan fingerprint density at radius 3 is 2.15 bits per heavy atom. The normalized spacial score (nSPS) is 13.5. The first-order valence-corrected chi connectivity index (χ1v) is 12.8. The summed E-state index contributed by atoms with van der Waals surface area (Å²) in [5.41, 5.74) is 2.96. The van der Waals surface area contributed by atoms with Gasteiger partial charge in [0.15, 0.2) is 0 Å². The highest BCUT2D eigenvalue weighted by Gasteiger charge is 2.35. The van der Waals surface area contributed by atoms with Crippen molar-refractivity contribution in [2.24, 2.45) is 0 Å². The number of aryl methyl sites for hydroxylation is 1. The largest absolute Gasteiger partial charge is 0.332 e. The van der Waals surface area contributed by atoms with Gasteiger partial charge in [-0.25, -0.2) is 0 Å². The zero-order valence-corrected chi connectivity index (χ0v) is 21.4. The van der Waals surface area contributed by atoms with Crippen LogP contribution in [-0.2, 0) is 23.3 Å². The fraction of sp³-hybridized carbons (Fsp3) is 0.379. The molecule has 0 atom stereocenters. The molecule has 0 unspecified atom stereocenters. The highest BCUT2D eigenvalue weighted by Crippen LogP contribution is 2.29. The molecule has 2 aromatic carbocycles. The highest BCUT2D eigenvalue weighted by molar-refractivity contribution is 7.11. The zero-order valence-electron chi connectivity index (χ0n) is 20.6. The summed E-state index contributed by atoms with van der Waals surface area (Å²) in [4.78, 5) is 33.0. The molecule has 4 rings (SSSR count). The molecule has 0 N–H and O–H groups in total. The minimum absolute atomic E-state index is 0.0125. The van der Waals surface area contributed by atoms with Crippen LogP contribution in [-0.4, -0.2) is 34.2 Å². The SMILES string of the molecule is Cc1ccc(CN(Cc2ccccc2)C(=O)CN(C(=O)c2ccc(C(C)(C)C)cc2)C2CC2)s1. The van der Waals surface area contributed by atoms with Gasteiger partial charge in [0.25, 0.3) is 5.91 Å². The maximum Gasteiger partial charge on any atom is 0.254 e. The number of benzene rings is 2. The Hall–Kier alpha value is -2.92. The van der Waals surface area contributed by atoms with E-state index in [-0.39, 0.29) is 29.8 Å². The summed E-state index contributed by atoms with van der Waals surface area (Å²) < 4.78 is 0. The second-order valence-electron chi connectivity index (χ2n) is 10.2. The van der Waals surface area contributed by atoms with Crippen molar-refractivity contribution in [2.75, 3.05) is 6.54 Å². The standard InChI is InChI=1S/C29H34N2O2S/c1-21-10-17-26(34-21)19-30(18-22-8-6-5-7-9-22)27(32)20-31(25-15-16-25)28(33)23-11-13-24(14-12-23)29(2,3)4/h5-14,17,25H,15-16,18-20H2,1-4H3. The van der Waals surface area contributed by atoms with Crippen LogP contribution in [0, 0.1) is 6.92 Å². The average Bonchev–Trinajstić information content (AvgIpc) is 3.58. The first-order chi connectivity index (χ1) is 16.2. The van der Waals surface area contributed by atoms with Gasteiger partial charge in [-0.3, -0.25) is 9.59 Å². The van der Waals surface area contributed by atoms with E-state index in [2.05, 4.69) is 39.8 Å². The molecular formula is C29H34N2O2S. The Kier molecular flexibility index (Phi) is 7.22. The minimum Gasteiger partial charge on any atom is -0.332 e. The number of carbonyl (C=O) groups excluding carboxylic acids is 2. The summed E-state index contributed by atoms with van der Waals surface area (Å²) in [5.74, 6) is -0.0654. The topological polar surface area (TPSA) is 40.6 Å². The molecule has 0 saturated heterocycles. The van der Waals surface area contributed by atoms with E-state index in [0.717, 1.165) is 23.3 Å². The van der Waals surface area contributed by atoms with Crippen molar-refractivity contribution >= 4 is 23.2 Å². The van der Waals surface area contributed by atoms with Crippen LogP contribution in [0.2, 0.25) is 0 Å². The molecule has 5 heteroatoms. The van der Waals surface area contributed by atoms with Gasteiger partial charge >= 0.3 is 0 Å². The molecule has 1 aliphatic carbocycles. The molecule has 2 amide bonds. The quantitative estimate of drug-likeness (QED) is 0.391. The van der Waals surface area contributed by atoms with E-state index in [1.807, 2.05) is 59.5 Å². The molecule has 178 valence electrons. The third kappa shape index (κ3) is 6.15. The van der Waals surface area contributed by atoms with Gasteiger partial charge in [-0.15, -0.1) is 11.3 Å². The number of nitrogens with zero attached hydrogens (tertiary/aromatic N) is 2. The van der Waals surface area contributed by atoms with Gasteiger partial charge in [0.1, 0.15) is 6.54 Å². The second-order valence-corrected chi connectivity index (χ2v) is 11.6. The number of hydrogen-bond acceptors (Lipinski definition) is 3. The van der Waals surface area contributed by atoms with E-state index in [1.165, 1.54) is 10.4 Å². The number of carbonyl (C=O) groups is 2. The lowest BCUT2D eigenvalue weighted by atomic mass is 9.86. The Morgan fingerprint density at radius 1 is 0.912 bits per heavy atom. The zero-order chi connectivity index (χ0) is 24.3. The summed E-state index contributed by atoms with van der Waals surface area (Å²) >= 11 is 1.71. The predicted molar refractivity (Wildman–Crippen MR) is 139 cm³/mol. The van der Waals surface area contributed by atoms with E-state index >= 15 is 0 Å². The number of thiophene rings is 1. The van der Waals surface area contributed by atoms with Crippen LogP contribution in [0.3, 0.4) is 0 Å². The molecule has 1 aliphatic rings. The van der Waals surface area contributed by atoms with E-state index in [0.29, 0.717) is 18.7 Å². The molecule has 0 aliphatic heterocycles. The summed E-state index contributed by atoms with van der Waals surface area (Å²) in [6.07, 6.45) is 1.92. The number of amides is 2. The molecule has 1 fully saturated rings. The molecular weight excluding hydrogens is 440 g/mol. The highest BCUT2D eigenvalue weighted by atomic mass is 32.1. The van der Waals surface area contributed by atoms with Crippen molar-refractivity contribution < 1.29 is 9.59 Å². The van der Waals surface area contributed by atoms with Crippen molar-refractivity contribution in [2.45, 2.75) is 65.1 Å². The molecule has 3 aromatic rings. The second kappa shape index (κ2) is 10.1. The monoisotopic (exact) mass is 474 g/mol. The number of hydrogen-bond donors (Lipinski definition) is 0. The maximum atomic E-state index is 13.6. The van der Waals surface area contributed by atoms with E-state index in [9.17, 15) is 9.59 Å². The summed E-state index contributed by atoms with van der Waals surface area (Å²) in [6.45, 7) is 9.76. The van der Waals surface area contributed by atoms with Gasteiger partial charge < -0.3 is 9.80 Å². The van der Waals surface area contributed by atoms with Crippen LogP contribution >= 0.6 is 11.3 Å². The fourth-order valence-electron chi connectivity index (χ4n) is 4.07. The van der Waals surface area contributed by atoms with Gasteiger partial charge in [-0.1, -0.05) is 63.2 Å². The molecule has 1 heterocycles. The Bertz CT molecular complexity index is 1120. The molecule has 1 saturated carbocycles. The third-order valence-corrected chi connectivity index (χ3v) is 7.25. The predicted octanol–water partition coefficient (Wildman–Crippen LogP) is 6.19. The van der Waals surface area contributed by atoms with E-state index in [1.54, 1.807) is 16.2 Å². The smallest absolute Gasteiger partial charge is 0.254 e. The van der Waals surface area contributed by atoms with Gasteiger partial charge in [0.05, 0.1) is 6.54 Å². The van der Waals surface area contributed by atoms with Crippen LogP contribution in [0.25, 0.3) is 0 Å². The molecule has 34 heavy (non-hydrogen) atoms. The fourth-order valence-corrected chi connectivity index (χ4v) is 4.98. The van der Waals surface area contributed by atoms with Crippen molar-refractivity contribution in [3.8, 4) is 0 Å². The minimum atomic E-state index is -0.0528. The van der Waals surface area contributed by atoms with Crippen molar-refractivity contribution in [1.29, 1.82) is 0 Å². The van der Waals surface area contributed by atoms with Gasteiger partial charge in [-0.2, -0.15) is 0 Å². The average molecular weight is 475 g/mol. The van der Waals surface area contributed by atoms with Gasteiger partial charge in [-0.05, 0) is 60.6 Å². The molecule has 0 spiro atoms. The first-order valence-electron chi connectivity index (χ1n) is 12.0. The number of rotatable bonds is 8. The van der Waals surface area contributed by atoms with Gasteiger partial charge in [0, 0.05) is 27.9 Å². The van der Waals surface area contributed by atoms with E-state index in [4.69, 9.17) is 0 Å². The molecule has 1 aromatic heterocycles. The van der Waals surface area contributed by atoms with Crippen LogP contribution in [0.1, 0.15) is 64.9 Å². The van der Waals surface area contributed by atoms with E-state index < -0.39 is 0 Å². The Balaban J connectivity index is 1.52. The van der Waals surface area contributed by atoms with Crippen LogP contribution in [0.5, 0.6) is 0 Å². The van der Waals surface area contributed by atoms with Gasteiger partial charge in [0.2, 0.25) is 5.91 Å². The lowest BCUT2D eigenvalue weighted by molar-refractivity contribution is -0.133. The maximum absolute atomic E-state index is 13.6. The Morgan fingerprint density at radius 2 is 1.59 bits per heavy atom. The van der Waals surface area contributed by atoms with Crippen molar-refractivity contribution in [3.05, 3.63) is 93.2 Å². The lowest BCUT2D eigenvalue weighted by Crippen LogP contribution is -2.43. The molecule has 0 radical (unpaired) electrons. The van der Waals surface area contributed by atoms with Crippen molar-refractivity contribution in [3.63, 3.8) is 0 Å². The van der Waals surface area contributed by atoms with Crippen LogP contribution in [0.15, 0.2) is 66.7 Å². The van der Waals surface area contributed by atoms with Crippen LogP contribution < -0.4 is 0 Å². The molecule has 4 nitrogen and oxygen atoms in total. The third-order valence-electron chi connectivity index (χ3n) is 6.26. The van der Waals surface area contributed by atoms with Crippen LogP contribution in [0.4, 0.5) is 0 Å². The summed E-state index contributed by atoms with van der Waals surface area (Å²) in [6, 6.07) is 22.3.